The van der Waals surface area contributed by atoms with Gasteiger partial charge in [0.15, 0.2) is 0 Å². The molecule has 1 fully saturated rings. The highest BCUT2D eigenvalue weighted by atomic mass is 16.2. The van der Waals surface area contributed by atoms with Crippen LogP contribution in [0.5, 0.6) is 0 Å². The lowest BCUT2D eigenvalue weighted by molar-refractivity contribution is 0.0715. The van der Waals surface area contributed by atoms with Crippen LogP contribution in [0.3, 0.4) is 0 Å². The van der Waals surface area contributed by atoms with Gasteiger partial charge in [0.1, 0.15) is 5.69 Å². The molecule has 1 aliphatic rings. The van der Waals surface area contributed by atoms with E-state index in [2.05, 4.69) is 9.97 Å². The van der Waals surface area contributed by atoms with E-state index in [-0.39, 0.29) is 11.8 Å². The van der Waals surface area contributed by atoms with Crippen molar-refractivity contribution in [2.24, 2.45) is 0 Å². The lowest BCUT2D eigenvalue weighted by Gasteiger charge is -2.22. The summed E-state index contributed by atoms with van der Waals surface area (Å²) in [7, 11) is 3.93. The van der Waals surface area contributed by atoms with Crippen LogP contribution in [0.1, 0.15) is 27.3 Å². The third-order valence-corrected chi connectivity index (χ3v) is 4.48. The van der Waals surface area contributed by atoms with Gasteiger partial charge in [-0.15, -0.1) is 0 Å². The van der Waals surface area contributed by atoms with E-state index in [0.29, 0.717) is 37.4 Å². The van der Waals surface area contributed by atoms with Gasteiger partial charge in [-0.25, -0.2) is 4.98 Å². The van der Waals surface area contributed by atoms with Crippen LogP contribution < -0.4 is 4.90 Å². The Balaban J connectivity index is 1.64. The van der Waals surface area contributed by atoms with Gasteiger partial charge in [-0.1, -0.05) is 0 Å². The van der Waals surface area contributed by atoms with Crippen LogP contribution >= 0.6 is 0 Å². The van der Waals surface area contributed by atoms with E-state index < -0.39 is 0 Å². The Morgan fingerprint density at radius 2 is 1.58 bits per heavy atom. The quantitative estimate of drug-likeness (QED) is 0.837. The number of carbonyl (C=O) groups excluding carboxylic acids is 2. The first kappa shape index (κ1) is 17.8. The van der Waals surface area contributed by atoms with E-state index in [4.69, 9.17) is 0 Å². The molecule has 0 saturated carbocycles. The van der Waals surface area contributed by atoms with Crippen molar-refractivity contribution < 1.29 is 9.59 Å². The number of carbonyl (C=O) groups is 2. The summed E-state index contributed by atoms with van der Waals surface area (Å²) in [6.45, 7) is 2.26. The summed E-state index contributed by atoms with van der Waals surface area (Å²) in [5, 5.41) is 0. The molecule has 0 N–H and O–H groups in total. The summed E-state index contributed by atoms with van der Waals surface area (Å²) >= 11 is 0. The molecule has 3 rings (SSSR count). The Morgan fingerprint density at radius 3 is 2.15 bits per heavy atom. The number of hydrogen-bond donors (Lipinski definition) is 0. The molecular weight excluding hydrogens is 330 g/mol. The fraction of sp³-hybridized carbons (Fsp3) is 0.368. The van der Waals surface area contributed by atoms with Crippen molar-refractivity contribution in [3.8, 4) is 0 Å². The van der Waals surface area contributed by atoms with Crippen molar-refractivity contribution >= 4 is 17.5 Å². The molecule has 7 nitrogen and oxygen atoms in total. The molecule has 7 heteroatoms. The molecule has 0 spiro atoms. The van der Waals surface area contributed by atoms with Gasteiger partial charge in [0.2, 0.25) is 0 Å². The standard InChI is InChI=1S/C19H23N5O2/c1-22(2)16-6-4-15(5-7-16)18(25)23-10-3-11-24(13-12-23)19(26)17-14-20-8-9-21-17/h4-9,14H,3,10-13H2,1-2H3. The Hall–Kier alpha value is -2.96. The minimum absolute atomic E-state index is 0.00380. The summed E-state index contributed by atoms with van der Waals surface area (Å²) in [4.78, 5) is 38.9. The van der Waals surface area contributed by atoms with Crippen molar-refractivity contribution in [2.75, 3.05) is 45.2 Å². The normalized spacial score (nSPS) is 14.7. The zero-order chi connectivity index (χ0) is 18.5. The number of anilines is 1. The average Bonchev–Trinajstić information content (AvgIpc) is 2.94. The van der Waals surface area contributed by atoms with Gasteiger partial charge >= 0.3 is 0 Å². The minimum Gasteiger partial charge on any atom is -0.378 e. The highest BCUT2D eigenvalue weighted by molar-refractivity contribution is 5.95. The zero-order valence-corrected chi connectivity index (χ0v) is 15.1. The van der Waals surface area contributed by atoms with Crippen LogP contribution in [0.4, 0.5) is 5.69 Å². The van der Waals surface area contributed by atoms with Gasteiger partial charge in [0.25, 0.3) is 11.8 Å². The van der Waals surface area contributed by atoms with Crippen LogP contribution in [-0.2, 0) is 0 Å². The maximum absolute atomic E-state index is 12.8. The second-order valence-electron chi connectivity index (χ2n) is 6.47. The molecule has 0 radical (unpaired) electrons. The summed E-state index contributed by atoms with van der Waals surface area (Å²) in [5.41, 5.74) is 2.06. The maximum Gasteiger partial charge on any atom is 0.274 e. The number of benzene rings is 1. The van der Waals surface area contributed by atoms with E-state index in [1.165, 1.54) is 12.4 Å². The molecule has 0 unspecified atom stereocenters. The van der Waals surface area contributed by atoms with Crippen LogP contribution in [0.15, 0.2) is 42.9 Å². The van der Waals surface area contributed by atoms with Crippen LogP contribution in [0.2, 0.25) is 0 Å². The zero-order valence-electron chi connectivity index (χ0n) is 15.1. The molecule has 2 aromatic rings. The summed E-state index contributed by atoms with van der Waals surface area (Å²) in [6.07, 6.45) is 5.27. The second kappa shape index (κ2) is 7.95. The Morgan fingerprint density at radius 1 is 0.923 bits per heavy atom. The van der Waals surface area contributed by atoms with E-state index in [9.17, 15) is 9.59 Å². The first-order valence-electron chi connectivity index (χ1n) is 8.68. The fourth-order valence-corrected chi connectivity index (χ4v) is 2.98. The highest BCUT2D eigenvalue weighted by Gasteiger charge is 2.24. The van der Waals surface area contributed by atoms with Gasteiger partial charge in [0.05, 0.1) is 6.20 Å². The summed E-state index contributed by atoms with van der Waals surface area (Å²) in [5.74, 6) is -0.133. The summed E-state index contributed by atoms with van der Waals surface area (Å²) in [6, 6.07) is 7.58. The van der Waals surface area contributed by atoms with Gasteiger partial charge in [-0.2, -0.15) is 0 Å². The minimum atomic E-state index is -0.136. The van der Waals surface area contributed by atoms with E-state index in [1.807, 2.05) is 48.2 Å². The molecular formula is C19H23N5O2. The van der Waals surface area contributed by atoms with Crippen LogP contribution in [-0.4, -0.2) is 71.9 Å². The van der Waals surface area contributed by atoms with Gasteiger partial charge in [-0.05, 0) is 30.7 Å². The van der Waals surface area contributed by atoms with E-state index >= 15 is 0 Å². The Labute approximate surface area is 153 Å². The van der Waals surface area contributed by atoms with Gasteiger partial charge < -0.3 is 14.7 Å². The predicted molar refractivity (Wildman–Crippen MR) is 99.2 cm³/mol. The van der Waals surface area contributed by atoms with E-state index in [1.54, 1.807) is 11.1 Å². The SMILES string of the molecule is CN(C)c1ccc(C(=O)N2CCCN(C(=O)c3cnccn3)CC2)cc1. The van der Waals surface area contributed by atoms with Crippen molar-refractivity contribution in [1.29, 1.82) is 0 Å². The highest BCUT2D eigenvalue weighted by Crippen LogP contribution is 2.15. The molecule has 0 atom stereocenters. The number of hydrogen-bond acceptors (Lipinski definition) is 5. The molecule has 2 heterocycles. The van der Waals surface area contributed by atoms with Gasteiger partial charge in [0, 0.05) is 63.9 Å². The smallest absolute Gasteiger partial charge is 0.274 e. The molecule has 1 aromatic carbocycles. The number of amides is 2. The lowest BCUT2D eigenvalue weighted by atomic mass is 10.1. The van der Waals surface area contributed by atoms with Crippen LogP contribution in [0.25, 0.3) is 0 Å². The molecule has 1 aromatic heterocycles. The maximum atomic E-state index is 12.8. The molecule has 0 aliphatic carbocycles. The molecule has 0 bridgehead atoms. The van der Waals surface area contributed by atoms with Crippen molar-refractivity contribution in [2.45, 2.75) is 6.42 Å². The van der Waals surface area contributed by atoms with Crippen molar-refractivity contribution in [1.82, 2.24) is 19.8 Å². The third-order valence-electron chi connectivity index (χ3n) is 4.48. The molecule has 26 heavy (non-hydrogen) atoms. The molecule has 1 aliphatic heterocycles. The number of nitrogens with zero attached hydrogens (tertiary/aromatic N) is 5. The monoisotopic (exact) mass is 353 g/mol. The Bertz CT molecular complexity index is 761. The molecule has 136 valence electrons. The number of aromatic nitrogens is 2. The predicted octanol–water partition coefficient (Wildman–Crippen LogP) is 1.53. The van der Waals surface area contributed by atoms with Crippen molar-refractivity contribution in [3.63, 3.8) is 0 Å². The first-order chi connectivity index (χ1) is 12.6. The summed E-state index contributed by atoms with van der Waals surface area (Å²) < 4.78 is 0. The lowest BCUT2D eigenvalue weighted by Crippen LogP contribution is -2.37. The molecule has 1 saturated heterocycles. The fourth-order valence-electron chi connectivity index (χ4n) is 2.98. The Kier molecular flexibility index (Phi) is 5.46. The van der Waals surface area contributed by atoms with Crippen molar-refractivity contribution in [3.05, 3.63) is 54.1 Å². The topological polar surface area (TPSA) is 69.6 Å². The van der Waals surface area contributed by atoms with Gasteiger partial charge in [-0.3, -0.25) is 14.6 Å². The molecule has 2 amide bonds. The average molecular weight is 353 g/mol. The number of rotatable bonds is 3. The largest absolute Gasteiger partial charge is 0.378 e. The van der Waals surface area contributed by atoms with E-state index in [0.717, 1.165) is 12.1 Å². The third kappa shape index (κ3) is 3.99. The second-order valence-corrected chi connectivity index (χ2v) is 6.47. The first-order valence-corrected chi connectivity index (χ1v) is 8.68. The van der Waals surface area contributed by atoms with Crippen LogP contribution in [0, 0.1) is 0 Å².